The number of phenols is 2. The van der Waals surface area contributed by atoms with Gasteiger partial charge in [-0.2, -0.15) is 0 Å². The van der Waals surface area contributed by atoms with Crippen LogP contribution in [0.5, 0.6) is 11.5 Å². The van der Waals surface area contributed by atoms with Gasteiger partial charge in [-0.1, -0.05) is 26.3 Å². The number of likely N-dealkylation sites (N-methyl/N-ethyl adjacent to an activating group) is 1. The third-order valence-corrected chi connectivity index (χ3v) is 8.93. The van der Waals surface area contributed by atoms with Crippen molar-refractivity contribution < 1.29 is 61.8 Å². The number of phosphoric acid groups is 1. The lowest BCUT2D eigenvalue weighted by Gasteiger charge is -2.39. The van der Waals surface area contributed by atoms with Crippen LogP contribution in [0.15, 0.2) is 18.2 Å². The molecule has 0 fully saturated rings. The van der Waals surface area contributed by atoms with Crippen LogP contribution in [0, 0.1) is 16.2 Å². The molecule has 3 atom stereocenters. The second-order valence-electron chi connectivity index (χ2n) is 14.2. The molecule has 1 rings (SSSR count). The van der Waals surface area contributed by atoms with Crippen molar-refractivity contribution in [2.24, 2.45) is 16.2 Å². The van der Waals surface area contributed by atoms with Gasteiger partial charge in [0.25, 0.3) is 0 Å². The number of phenolic OH excluding ortho intramolecular Hbond substituents is 2. The summed E-state index contributed by atoms with van der Waals surface area (Å²) in [6, 6.07) is 4.31. The maximum Gasteiger partial charge on any atom is 0.472 e. The fourth-order valence-corrected chi connectivity index (χ4v) is 5.74. The molecule has 3 N–H and O–H groups in total. The van der Waals surface area contributed by atoms with Crippen molar-refractivity contribution in [1.29, 1.82) is 0 Å². The summed E-state index contributed by atoms with van der Waals surface area (Å²) in [6.07, 6.45) is 2.04. The Bertz CT molecular complexity index is 1230. The third kappa shape index (κ3) is 14.9. The number of ether oxygens (including phenoxy) is 3. The molecule has 13 nitrogen and oxygen atoms in total. The first-order valence-corrected chi connectivity index (χ1v) is 17.5. The van der Waals surface area contributed by atoms with Crippen molar-refractivity contribution in [3.8, 4) is 11.5 Å². The second-order valence-corrected chi connectivity index (χ2v) is 15.6. The zero-order chi connectivity index (χ0) is 36.1. The Balaban J connectivity index is 3.05. The average molecular weight is 691 g/mol. The van der Waals surface area contributed by atoms with E-state index >= 15 is 0 Å². The van der Waals surface area contributed by atoms with E-state index in [0.29, 0.717) is 23.0 Å². The number of nitrogens with zero attached hydrogens (tertiary/aromatic N) is 1. The predicted octanol–water partition coefficient (Wildman–Crippen LogP) is 5.14. The van der Waals surface area contributed by atoms with Crippen LogP contribution in [0.25, 0.3) is 0 Å². The van der Waals surface area contributed by atoms with Crippen LogP contribution >= 0.6 is 7.82 Å². The lowest BCUT2D eigenvalue weighted by atomic mass is 9.65. The van der Waals surface area contributed by atoms with Crippen LogP contribution in [-0.4, -0.2) is 98.2 Å². The van der Waals surface area contributed by atoms with Crippen molar-refractivity contribution in [2.45, 2.75) is 80.1 Å². The Hall–Kier alpha value is -2.70. The average Bonchev–Trinajstić information content (AvgIpc) is 2.95. The number of hydrogen-bond donors (Lipinski definition) is 3. The van der Waals surface area contributed by atoms with Crippen molar-refractivity contribution in [3.63, 3.8) is 0 Å². The highest BCUT2D eigenvalue weighted by Gasteiger charge is 2.50. The zero-order valence-electron chi connectivity index (χ0n) is 29.6. The van der Waals surface area contributed by atoms with Gasteiger partial charge in [0.2, 0.25) is 0 Å². The molecule has 0 bridgehead atoms. The molecule has 0 heterocycles. The number of aromatic hydroxyl groups is 2. The third-order valence-electron chi connectivity index (χ3n) is 7.91. The quantitative estimate of drug-likeness (QED) is 0.0366. The minimum Gasteiger partial charge on any atom is -0.504 e. The first-order chi connectivity index (χ1) is 21.6. The summed E-state index contributed by atoms with van der Waals surface area (Å²) in [5.41, 5.74) is -3.02. The second kappa shape index (κ2) is 18.2. The van der Waals surface area contributed by atoms with E-state index in [1.54, 1.807) is 40.7 Å². The molecule has 0 saturated heterocycles. The summed E-state index contributed by atoms with van der Waals surface area (Å²) in [7, 11) is 1.38. The molecule has 0 aliphatic carbocycles. The van der Waals surface area contributed by atoms with E-state index in [0.717, 1.165) is 6.42 Å². The number of carbonyl (C=O) groups excluding carboxylic acids is 3. The smallest absolute Gasteiger partial charge is 0.472 e. The van der Waals surface area contributed by atoms with Crippen LogP contribution in [0.4, 0.5) is 0 Å². The maximum atomic E-state index is 13.8. The highest BCUT2D eigenvalue weighted by Crippen LogP contribution is 2.46. The lowest BCUT2D eigenvalue weighted by Crippen LogP contribution is -2.44. The number of unbranched alkanes of at least 4 members (excludes halogenated alkanes) is 1. The van der Waals surface area contributed by atoms with E-state index in [1.165, 1.54) is 12.1 Å². The van der Waals surface area contributed by atoms with E-state index in [2.05, 4.69) is 0 Å². The fourth-order valence-electron chi connectivity index (χ4n) is 5.05. The first kappa shape index (κ1) is 42.3. The van der Waals surface area contributed by atoms with E-state index in [9.17, 15) is 34.1 Å². The van der Waals surface area contributed by atoms with Gasteiger partial charge in [-0.15, -0.1) is 0 Å². The predicted molar refractivity (Wildman–Crippen MR) is 175 cm³/mol. The first-order valence-electron chi connectivity index (χ1n) is 16.0. The number of carbonyl (C=O) groups is 3. The van der Waals surface area contributed by atoms with E-state index < -0.39 is 42.0 Å². The number of quaternary nitrogens is 1. The SMILES string of the molecule is CCCCOC(=O)C(C)(C)CC(C)(CC(C)(CC)C(=O)OCCOP(=O)(O)OCC[N+](C)(C)C)C(=O)OCCc1ccc(O)c(O)c1. The maximum absolute atomic E-state index is 13.8. The fraction of sp³-hybridized carbons (Fsp3) is 0.727. The summed E-state index contributed by atoms with van der Waals surface area (Å²) in [5, 5.41) is 19.4. The van der Waals surface area contributed by atoms with Gasteiger partial charge >= 0.3 is 25.7 Å². The van der Waals surface area contributed by atoms with E-state index in [1.807, 2.05) is 28.1 Å². The van der Waals surface area contributed by atoms with Crippen molar-refractivity contribution in [3.05, 3.63) is 23.8 Å². The van der Waals surface area contributed by atoms with Crippen molar-refractivity contribution >= 4 is 25.7 Å². The lowest BCUT2D eigenvalue weighted by molar-refractivity contribution is -0.870. The molecule has 0 aromatic heterocycles. The van der Waals surface area contributed by atoms with Gasteiger partial charge in [0.1, 0.15) is 19.8 Å². The Morgan fingerprint density at radius 3 is 1.91 bits per heavy atom. The molecule has 1 aromatic rings. The molecule has 0 saturated carbocycles. The standard InChI is InChI=1S/C33H56NO12P/c1-10-12-17-42-28(37)31(3,4)23-33(6,30(39)43-18-15-25-13-14-26(35)27(36)22-25)24-32(5,11-2)29(38)44-20-21-46-47(40,41)45-19-16-34(7,8)9/h13-14,22H,10-12,15-21,23-24H2,1-9H3,(H2-,35,36,40,41)/p+1. The molecule has 14 heteroatoms. The summed E-state index contributed by atoms with van der Waals surface area (Å²) < 4.78 is 39.3. The molecule has 0 spiro atoms. The van der Waals surface area contributed by atoms with Gasteiger partial charge in [0.15, 0.2) is 11.5 Å². The molecule has 0 aliphatic heterocycles. The highest BCUT2D eigenvalue weighted by atomic mass is 31.2. The molecular weight excluding hydrogens is 633 g/mol. The van der Waals surface area contributed by atoms with Gasteiger partial charge < -0.3 is 33.8 Å². The number of rotatable bonds is 22. The number of phosphoric ester groups is 1. The van der Waals surface area contributed by atoms with Crippen LogP contribution in [0.3, 0.4) is 0 Å². The minimum absolute atomic E-state index is 0.000437. The summed E-state index contributed by atoms with van der Waals surface area (Å²) in [5.74, 6) is -2.31. The normalized spacial score (nSPS) is 16.0. The van der Waals surface area contributed by atoms with Gasteiger partial charge in [-0.25, -0.2) is 4.57 Å². The molecule has 0 amide bonds. The van der Waals surface area contributed by atoms with Crippen molar-refractivity contribution in [1.82, 2.24) is 0 Å². The van der Waals surface area contributed by atoms with Gasteiger partial charge in [-0.3, -0.25) is 23.4 Å². The van der Waals surface area contributed by atoms with E-state index in [-0.39, 0.29) is 70.2 Å². The minimum atomic E-state index is -4.35. The zero-order valence-corrected chi connectivity index (χ0v) is 30.5. The Morgan fingerprint density at radius 2 is 1.34 bits per heavy atom. The highest BCUT2D eigenvalue weighted by molar-refractivity contribution is 7.47. The number of esters is 3. The monoisotopic (exact) mass is 690 g/mol. The molecular formula is C33H57NO12P+. The molecule has 270 valence electrons. The van der Waals surface area contributed by atoms with Crippen LogP contribution < -0.4 is 0 Å². The molecule has 1 aromatic carbocycles. The van der Waals surface area contributed by atoms with Crippen LogP contribution in [0.1, 0.15) is 79.2 Å². The van der Waals surface area contributed by atoms with Crippen LogP contribution in [0.2, 0.25) is 0 Å². The summed E-state index contributed by atoms with van der Waals surface area (Å²) in [6.45, 7) is 10.4. The molecule has 3 unspecified atom stereocenters. The molecule has 0 aliphatic rings. The number of hydrogen-bond acceptors (Lipinski definition) is 11. The van der Waals surface area contributed by atoms with Crippen LogP contribution in [-0.2, 0) is 48.6 Å². The Morgan fingerprint density at radius 1 is 0.766 bits per heavy atom. The van der Waals surface area contributed by atoms with Gasteiger partial charge in [0, 0.05) is 6.42 Å². The summed E-state index contributed by atoms with van der Waals surface area (Å²) >= 11 is 0. The molecule has 47 heavy (non-hydrogen) atoms. The topological polar surface area (TPSA) is 175 Å². The van der Waals surface area contributed by atoms with Gasteiger partial charge in [0.05, 0.1) is 57.2 Å². The molecule has 0 radical (unpaired) electrons. The Kier molecular flexibility index (Phi) is 16.4. The van der Waals surface area contributed by atoms with Gasteiger partial charge in [-0.05, 0) is 71.1 Å². The summed E-state index contributed by atoms with van der Waals surface area (Å²) in [4.78, 5) is 50.2. The largest absolute Gasteiger partial charge is 0.504 e. The Labute approximate surface area is 279 Å². The van der Waals surface area contributed by atoms with E-state index in [4.69, 9.17) is 23.3 Å². The number of benzene rings is 1. The van der Waals surface area contributed by atoms with Crippen molar-refractivity contribution in [2.75, 3.05) is 60.7 Å².